The lowest BCUT2D eigenvalue weighted by Gasteiger charge is -2.05. The fourth-order valence-electron chi connectivity index (χ4n) is 1.86. The van der Waals surface area contributed by atoms with E-state index in [1.165, 1.54) is 0 Å². The minimum absolute atomic E-state index is 0.204. The van der Waals surface area contributed by atoms with E-state index >= 15 is 0 Å². The summed E-state index contributed by atoms with van der Waals surface area (Å²) in [6, 6.07) is 6.29. The third-order valence-electron chi connectivity index (χ3n) is 2.98. The lowest BCUT2D eigenvalue weighted by atomic mass is 10.2. The summed E-state index contributed by atoms with van der Waals surface area (Å²) in [6.45, 7) is 2.75. The molecule has 0 bridgehead atoms. The predicted octanol–water partition coefficient (Wildman–Crippen LogP) is -0.317. The maximum Gasteiger partial charge on any atom is 0.338 e. The molecular weight excluding hydrogens is 298 g/mol. The van der Waals surface area contributed by atoms with Gasteiger partial charge >= 0.3 is 17.9 Å². The molecule has 0 fully saturated rings. The second-order valence-corrected chi connectivity index (χ2v) is 4.91. The highest BCUT2D eigenvalue weighted by atomic mass is 16.5. The molecule has 1 aromatic carbocycles. The Kier molecular flexibility index (Phi) is 8.20. The van der Waals surface area contributed by atoms with Crippen LogP contribution in [0.1, 0.15) is 43.0 Å². The summed E-state index contributed by atoms with van der Waals surface area (Å²) in [6.07, 6.45) is 2.81. The highest BCUT2D eigenvalue weighted by Gasteiger charge is 2.08. The molecule has 0 aliphatic rings. The zero-order chi connectivity index (χ0) is 17.1. The minimum atomic E-state index is -0.394. The molecule has 0 aliphatic carbocycles. The number of ether oxygens (including phenoxy) is 2. The molecule has 0 radical (unpaired) electrons. The van der Waals surface area contributed by atoms with Crippen LogP contribution in [-0.2, 0) is 9.53 Å². The van der Waals surface area contributed by atoms with Crippen LogP contribution >= 0.6 is 0 Å². The van der Waals surface area contributed by atoms with Gasteiger partial charge < -0.3 is 9.47 Å². The summed E-state index contributed by atoms with van der Waals surface area (Å²) in [5, 5.41) is 0. The monoisotopic (exact) mass is 322 g/mol. The summed E-state index contributed by atoms with van der Waals surface area (Å²) in [7, 11) is 0. The van der Waals surface area contributed by atoms with Crippen LogP contribution in [0, 0.1) is 0 Å². The first kappa shape index (κ1) is 18.5. The molecule has 0 aliphatic heterocycles. The number of guanidine groups is 1. The molecule has 0 saturated carbocycles. The number of hydrogen-bond acceptors (Lipinski definition) is 4. The van der Waals surface area contributed by atoms with Gasteiger partial charge in [0.2, 0.25) is 0 Å². The maximum atomic E-state index is 11.7. The number of nitrogens with one attached hydrogen (secondary N) is 1. The van der Waals surface area contributed by atoms with Gasteiger partial charge in [0.25, 0.3) is 0 Å². The standard InChI is InChI=1S/C16H23N3O4/c1-2-22-15(21)12-7-9-13(10-8-12)23-14(20)6-4-3-5-11-19-16(17)18/h7-10H,2-6,11H2,1H3,(H4,17,18,19)/p+1. The van der Waals surface area contributed by atoms with Gasteiger partial charge in [-0.1, -0.05) is 0 Å². The number of nitrogens with two attached hydrogens (primary N) is 2. The summed E-state index contributed by atoms with van der Waals surface area (Å²) < 4.78 is 10.1. The van der Waals surface area contributed by atoms with Crippen LogP contribution in [0.2, 0.25) is 0 Å². The van der Waals surface area contributed by atoms with Gasteiger partial charge in [0.1, 0.15) is 5.75 Å². The Bertz CT molecular complexity index is 537. The first-order valence-corrected chi connectivity index (χ1v) is 7.62. The van der Waals surface area contributed by atoms with Crippen molar-refractivity contribution >= 4 is 17.9 Å². The number of carbonyl (C=O) groups is 2. The molecule has 7 nitrogen and oxygen atoms in total. The fourth-order valence-corrected chi connectivity index (χ4v) is 1.86. The van der Waals surface area contributed by atoms with Crippen molar-refractivity contribution < 1.29 is 24.1 Å². The van der Waals surface area contributed by atoms with Gasteiger partial charge in [-0.25, -0.2) is 4.79 Å². The Morgan fingerprint density at radius 3 is 2.39 bits per heavy atom. The molecule has 1 rings (SSSR count). The van der Waals surface area contributed by atoms with Crippen molar-refractivity contribution in [2.75, 3.05) is 13.2 Å². The molecule has 0 aromatic heterocycles. The zero-order valence-electron chi connectivity index (χ0n) is 13.3. The molecular formula is C16H24N3O4+. The second kappa shape index (κ2) is 10.2. The van der Waals surface area contributed by atoms with Crippen LogP contribution in [0.3, 0.4) is 0 Å². The van der Waals surface area contributed by atoms with E-state index < -0.39 is 5.97 Å². The summed E-state index contributed by atoms with van der Waals surface area (Å²) in [5.74, 6) is -0.0769. The molecule has 1 aromatic rings. The Morgan fingerprint density at radius 1 is 1.09 bits per heavy atom. The predicted molar refractivity (Wildman–Crippen MR) is 85.7 cm³/mol. The minimum Gasteiger partial charge on any atom is -0.462 e. The Morgan fingerprint density at radius 2 is 1.78 bits per heavy atom. The van der Waals surface area contributed by atoms with Crippen LogP contribution in [0.5, 0.6) is 5.75 Å². The molecule has 0 amide bonds. The number of esters is 2. The molecule has 5 N–H and O–H groups in total. The van der Waals surface area contributed by atoms with Crippen LogP contribution in [0.4, 0.5) is 0 Å². The molecule has 7 heteroatoms. The van der Waals surface area contributed by atoms with Crippen molar-refractivity contribution in [1.29, 1.82) is 0 Å². The Hall–Kier alpha value is -2.57. The average Bonchev–Trinajstić information content (AvgIpc) is 2.51. The average molecular weight is 322 g/mol. The number of rotatable bonds is 9. The molecule has 0 spiro atoms. The lowest BCUT2D eigenvalue weighted by Crippen LogP contribution is -2.78. The van der Waals surface area contributed by atoms with Crippen molar-refractivity contribution in [3.8, 4) is 5.75 Å². The third-order valence-corrected chi connectivity index (χ3v) is 2.98. The number of benzene rings is 1. The van der Waals surface area contributed by atoms with Gasteiger partial charge in [-0.3, -0.25) is 21.3 Å². The third kappa shape index (κ3) is 7.85. The molecule has 0 saturated heterocycles. The fraction of sp³-hybridized carbons (Fsp3) is 0.438. The van der Waals surface area contributed by atoms with Crippen LogP contribution in [-0.4, -0.2) is 31.0 Å². The van der Waals surface area contributed by atoms with Crippen LogP contribution in [0.25, 0.3) is 0 Å². The van der Waals surface area contributed by atoms with Crippen molar-refractivity contribution in [3.05, 3.63) is 29.8 Å². The van der Waals surface area contributed by atoms with E-state index in [4.69, 9.17) is 20.9 Å². The molecule has 0 atom stereocenters. The van der Waals surface area contributed by atoms with Crippen molar-refractivity contribution in [3.63, 3.8) is 0 Å². The molecule has 0 heterocycles. The normalized spacial score (nSPS) is 9.96. The van der Waals surface area contributed by atoms with Gasteiger partial charge in [-0.05, 0) is 50.5 Å². The van der Waals surface area contributed by atoms with Crippen molar-refractivity contribution in [1.82, 2.24) is 0 Å². The SMILES string of the molecule is CCOC(=O)c1ccc(OC(=O)CCCCC[NH+]=C(N)N)cc1. The van der Waals surface area contributed by atoms with E-state index in [1.807, 2.05) is 0 Å². The van der Waals surface area contributed by atoms with Crippen molar-refractivity contribution in [2.45, 2.75) is 32.6 Å². The van der Waals surface area contributed by atoms with E-state index in [1.54, 1.807) is 31.2 Å². The van der Waals surface area contributed by atoms with Gasteiger partial charge in [0.05, 0.1) is 18.7 Å². The molecule has 126 valence electrons. The van der Waals surface area contributed by atoms with Gasteiger partial charge in [0.15, 0.2) is 0 Å². The Labute approximate surface area is 135 Å². The smallest absolute Gasteiger partial charge is 0.338 e. The van der Waals surface area contributed by atoms with Gasteiger partial charge in [0, 0.05) is 6.42 Å². The Balaban J connectivity index is 2.29. The largest absolute Gasteiger partial charge is 0.462 e. The maximum absolute atomic E-state index is 11.7. The number of carbonyl (C=O) groups excluding carboxylic acids is 2. The second-order valence-electron chi connectivity index (χ2n) is 4.91. The highest BCUT2D eigenvalue weighted by Crippen LogP contribution is 2.14. The summed E-state index contributed by atoms with van der Waals surface area (Å²) >= 11 is 0. The quantitative estimate of drug-likeness (QED) is 0.189. The first-order valence-electron chi connectivity index (χ1n) is 7.62. The zero-order valence-corrected chi connectivity index (χ0v) is 13.3. The van der Waals surface area contributed by atoms with E-state index in [-0.39, 0.29) is 11.9 Å². The van der Waals surface area contributed by atoms with Crippen molar-refractivity contribution in [2.24, 2.45) is 11.5 Å². The van der Waals surface area contributed by atoms with E-state index in [0.29, 0.717) is 30.9 Å². The molecule has 0 unspecified atom stereocenters. The van der Waals surface area contributed by atoms with Gasteiger partial charge in [-0.15, -0.1) is 0 Å². The van der Waals surface area contributed by atoms with Crippen LogP contribution < -0.4 is 21.2 Å². The lowest BCUT2D eigenvalue weighted by molar-refractivity contribution is -0.459. The van der Waals surface area contributed by atoms with Crippen LogP contribution in [0.15, 0.2) is 24.3 Å². The summed E-state index contributed by atoms with van der Waals surface area (Å²) in [4.78, 5) is 26.0. The van der Waals surface area contributed by atoms with E-state index in [2.05, 4.69) is 4.99 Å². The molecule has 23 heavy (non-hydrogen) atoms. The highest BCUT2D eigenvalue weighted by molar-refractivity contribution is 5.89. The topological polar surface area (TPSA) is 119 Å². The van der Waals surface area contributed by atoms with E-state index in [0.717, 1.165) is 19.3 Å². The number of hydrogen-bond donors (Lipinski definition) is 3. The first-order chi connectivity index (χ1) is 11.0. The number of unbranched alkanes of at least 4 members (excludes halogenated alkanes) is 2. The summed E-state index contributed by atoms with van der Waals surface area (Å²) in [5.41, 5.74) is 11.0. The van der Waals surface area contributed by atoms with Gasteiger partial charge in [-0.2, -0.15) is 0 Å². The van der Waals surface area contributed by atoms with E-state index in [9.17, 15) is 9.59 Å².